The number of urea groups is 1. The maximum atomic E-state index is 13.2. The van der Waals surface area contributed by atoms with Gasteiger partial charge in [-0.2, -0.15) is 0 Å². The molecule has 0 radical (unpaired) electrons. The fourth-order valence-electron chi connectivity index (χ4n) is 3.51. The van der Waals surface area contributed by atoms with E-state index in [1.165, 1.54) is 13.2 Å². The van der Waals surface area contributed by atoms with Gasteiger partial charge in [0.2, 0.25) is 0 Å². The summed E-state index contributed by atoms with van der Waals surface area (Å²) in [5.74, 6) is -0.561. The minimum atomic E-state index is -0.834. The lowest BCUT2D eigenvalue weighted by molar-refractivity contribution is -0.122. The number of nitrogens with one attached hydrogen (secondary N) is 1. The summed E-state index contributed by atoms with van der Waals surface area (Å²) in [5.41, 5.74) is 2.58. The summed E-state index contributed by atoms with van der Waals surface area (Å²) in [5, 5.41) is 2.61. The second-order valence-electron chi connectivity index (χ2n) is 7.62. The molecule has 0 aromatic heterocycles. The zero-order chi connectivity index (χ0) is 24.2. The van der Waals surface area contributed by atoms with Crippen LogP contribution in [-0.4, -0.2) is 25.0 Å². The Labute approximate surface area is 201 Å². The monoisotopic (exact) mass is 476 g/mol. The molecule has 34 heavy (non-hydrogen) atoms. The van der Waals surface area contributed by atoms with Gasteiger partial charge in [-0.15, -0.1) is 0 Å². The summed E-state index contributed by atoms with van der Waals surface area (Å²) in [7, 11) is 1.51. The van der Waals surface area contributed by atoms with E-state index in [9.17, 15) is 14.4 Å². The molecule has 0 aliphatic carbocycles. The first-order valence-corrected chi connectivity index (χ1v) is 10.8. The van der Waals surface area contributed by atoms with Gasteiger partial charge in [0.25, 0.3) is 11.8 Å². The first kappa shape index (κ1) is 23.1. The maximum Gasteiger partial charge on any atom is 0.335 e. The van der Waals surface area contributed by atoms with E-state index in [4.69, 9.17) is 21.1 Å². The molecule has 0 unspecified atom stereocenters. The minimum absolute atomic E-state index is 0.224. The Morgan fingerprint density at radius 3 is 2.47 bits per heavy atom. The van der Waals surface area contributed by atoms with E-state index in [0.717, 1.165) is 16.0 Å². The topological polar surface area (TPSA) is 84.9 Å². The van der Waals surface area contributed by atoms with Gasteiger partial charge in [-0.25, -0.2) is 9.69 Å². The number of rotatable bonds is 6. The average molecular weight is 477 g/mol. The number of imide groups is 2. The van der Waals surface area contributed by atoms with Crippen molar-refractivity contribution in [2.24, 2.45) is 0 Å². The van der Waals surface area contributed by atoms with Crippen LogP contribution in [0.25, 0.3) is 6.08 Å². The molecular formula is C26H21ClN2O5. The van der Waals surface area contributed by atoms with Crippen molar-refractivity contribution < 1.29 is 23.9 Å². The lowest BCUT2D eigenvalue weighted by atomic mass is 10.1. The number of barbiturate groups is 1. The van der Waals surface area contributed by atoms with Crippen LogP contribution in [0.5, 0.6) is 11.5 Å². The van der Waals surface area contributed by atoms with Crippen LogP contribution in [0.3, 0.4) is 0 Å². The van der Waals surface area contributed by atoms with Gasteiger partial charge in [-0.3, -0.25) is 14.9 Å². The maximum absolute atomic E-state index is 13.2. The quantitative estimate of drug-likeness (QED) is 0.404. The lowest BCUT2D eigenvalue weighted by Gasteiger charge is -2.26. The predicted octanol–water partition coefficient (Wildman–Crippen LogP) is 4.90. The summed E-state index contributed by atoms with van der Waals surface area (Å²) < 4.78 is 11.1. The third kappa shape index (κ3) is 4.94. The predicted molar refractivity (Wildman–Crippen MR) is 129 cm³/mol. The third-order valence-electron chi connectivity index (χ3n) is 5.18. The number of ether oxygens (including phenoxy) is 2. The van der Waals surface area contributed by atoms with Crippen molar-refractivity contribution in [2.75, 3.05) is 12.0 Å². The molecular weight excluding hydrogens is 456 g/mol. The number of hydrogen-bond acceptors (Lipinski definition) is 5. The van der Waals surface area contributed by atoms with Gasteiger partial charge < -0.3 is 9.47 Å². The Balaban J connectivity index is 1.66. The summed E-state index contributed by atoms with van der Waals surface area (Å²) in [6.07, 6.45) is 1.37. The van der Waals surface area contributed by atoms with Crippen LogP contribution in [-0.2, 0) is 16.2 Å². The number of carbonyl (C=O) groups excluding carboxylic acids is 3. The van der Waals surface area contributed by atoms with E-state index < -0.39 is 17.8 Å². The Morgan fingerprint density at radius 2 is 1.76 bits per heavy atom. The van der Waals surface area contributed by atoms with Gasteiger partial charge in [0.05, 0.1) is 12.8 Å². The summed E-state index contributed by atoms with van der Waals surface area (Å²) in [6.45, 7) is 2.28. The fraction of sp³-hybridized carbons (Fsp3) is 0.115. The molecule has 0 bridgehead atoms. The van der Waals surface area contributed by atoms with Gasteiger partial charge in [0, 0.05) is 10.6 Å². The van der Waals surface area contributed by atoms with Crippen molar-refractivity contribution >= 4 is 41.2 Å². The highest BCUT2D eigenvalue weighted by Crippen LogP contribution is 2.29. The highest BCUT2D eigenvalue weighted by Gasteiger charge is 2.37. The minimum Gasteiger partial charge on any atom is -0.497 e. The molecule has 7 nitrogen and oxygen atoms in total. The van der Waals surface area contributed by atoms with Gasteiger partial charge in [-0.1, -0.05) is 41.4 Å². The zero-order valence-corrected chi connectivity index (χ0v) is 19.3. The Hall–Kier alpha value is -4.10. The summed E-state index contributed by atoms with van der Waals surface area (Å²) in [4.78, 5) is 39.1. The molecule has 3 aromatic rings. The van der Waals surface area contributed by atoms with Crippen LogP contribution >= 0.6 is 11.6 Å². The van der Waals surface area contributed by atoms with Crippen molar-refractivity contribution in [3.63, 3.8) is 0 Å². The first-order valence-electron chi connectivity index (χ1n) is 10.4. The average Bonchev–Trinajstić information content (AvgIpc) is 2.81. The molecule has 1 aliphatic rings. The second kappa shape index (κ2) is 9.80. The van der Waals surface area contributed by atoms with E-state index in [1.54, 1.807) is 42.5 Å². The standard InChI is InChI=1S/C26H21ClN2O5/c1-16-4-3-5-17(12-16)15-34-23-11-6-19(27)13-18(23)14-22-24(30)28-26(32)29(25(22)31)20-7-9-21(33-2)10-8-20/h3-14H,15H2,1-2H3,(H,28,30,32)/b22-14+. The van der Waals surface area contributed by atoms with E-state index in [-0.39, 0.29) is 12.2 Å². The molecule has 0 atom stereocenters. The third-order valence-corrected chi connectivity index (χ3v) is 5.42. The zero-order valence-electron chi connectivity index (χ0n) is 18.5. The van der Waals surface area contributed by atoms with Crippen LogP contribution in [0.2, 0.25) is 5.02 Å². The second-order valence-corrected chi connectivity index (χ2v) is 8.05. The number of anilines is 1. The molecule has 1 N–H and O–H groups in total. The van der Waals surface area contributed by atoms with Crippen molar-refractivity contribution in [1.82, 2.24) is 5.32 Å². The lowest BCUT2D eigenvalue weighted by Crippen LogP contribution is -2.54. The molecule has 8 heteroatoms. The first-order chi connectivity index (χ1) is 16.4. The van der Waals surface area contributed by atoms with Crippen molar-refractivity contribution in [3.05, 3.63) is 94.0 Å². The molecule has 1 fully saturated rings. The number of benzene rings is 3. The molecule has 1 aliphatic heterocycles. The SMILES string of the molecule is COc1ccc(N2C(=O)NC(=O)/C(=C\c3cc(Cl)ccc3OCc3cccc(C)c3)C2=O)cc1. The van der Waals surface area contributed by atoms with Crippen LogP contribution in [0.4, 0.5) is 10.5 Å². The number of nitrogens with zero attached hydrogens (tertiary/aromatic N) is 1. The van der Waals surface area contributed by atoms with Crippen LogP contribution in [0.15, 0.2) is 72.3 Å². The number of halogens is 1. The number of hydrogen-bond donors (Lipinski definition) is 1. The number of amides is 4. The molecule has 1 heterocycles. The summed E-state index contributed by atoms with van der Waals surface area (Å²) in [6, 6.07) is 18.3. The highest BCUT2D eigenvalue weighted by molar-refractivity contribution is 6.39. The Bertz CT molecular complexity index is 1300. The Kier molecular flexibility index (Phi) is 6.65. The molecule has 1 saturated heterocycles. The highest BCUT2D eigenvalue weighted by atomic mass is 35.5. The largest absolute Gasteiger partial charge is 0.497 e. The molecule has 4 rings (SSSR count). The number of carbonyl (C=O) groups is 3. The molecule has 4 amide bonds. The van der Waals surface area contributed by atoms with E-state index in [2.05, 4.69) is 5.32 Å². The fourth-order valence-corrected chi connectivity index (χ4v) is 3.69. The van der Waals surface area contributed by atoms with Crippen molar-refractivity contribution in [2.45, 2.75) is 13.5 Å². The van der Waals surface area contributed by atoms with E-state index in [1.807, 2.05) is 31.2 Å². The van der Waals surface area contributed by atoms with Gasteiger partial charge in [-0.05, 0) is 61.0 Å². The van der Waals surface area contributed by atoms with Gasteiger partial charge in [0.1, 0.15) is 23.7 Å². The van der Waals surface area contributed by atoms with Crippen molar-refractivity contribution in [1.29, 1.82) is 0 Å². The van der Waals surface area contributed by atoms with E-state index >= 15 is 0 Å². The Morgan fingerprint density at radius 1 is 1.00 bits per heavy atom. The normalized spacial score (nSPS) is 14.9. The van der Waals surface area contributed by atoms with Gasteiger partial charge in [0.15, 0.2) is 0 Å². The van der Waals surface area contributed by atoms with Crippen LogP contribution < -0.4 is 19.7 Å². The molecule has 172 valence electrons. The summed E-state index contributed by atoms with van der Waals surface area (Å²) >= 11 is 6.17. The smallest absolute Gasteiger partial charge is 0.335 e. The molecule has 3 aromatic carbocycles. The molecule has 0 saturated carbocycles. The number of aryl methyl sites for hydroxylation is 1. The van der Waals surface area contributed by atoms with Crippen LogP contribution in [0, 0.1) is 6.92 Å². The van der Waals surface area contributed by atoms with Gasteiger partial charge >= 0.3 is 6.03 Å². The van der Waals surface area contributed by atoms with E-state index in [0.29, 0.717) is 27.8 Å². The number of methoxy groups -OCH3 is 1. The van der Waals surface area contributed by atoms with Crippen molar-refractivity contribution in [3.8, 4) is 11.5 Å². The molecule has 0 spiro atoms. The van der Waals surface area contributed by atoms with Crippen LogP contribution in [0.1, 0.15) is 16.7 Å².